The molecule has 3 amide bonds. The third-order valence-electron chi connectivity index (χ3n) is 2.50. The summed E-state index contributed by atoms with van der Waals surface area (Å²) in [5.74, 6) is -1.48. The molecule has 0 aliphatic carbocycles. The van der Waals surface area contributed by atoms with Crippen LogP contribution in [0.3, 0.4) is 0 Å². The van der Waals surface area contributed by atoms with Gasteiger partial charge in [-0.25, -0.2) is 0 Å². The third-order valence-corrected chi connectivity index (χ3v) is 2.50. The van der Waals surface area contributed by atoms with Gasteiger partial charge in [0.15, 0.2) is 0 Å². The summed E-state index contributed by atoms with van der Waals surface area (Å²) in [4.78, 5) is 34.4. The van der Waals surface area contributed by atoms with Crippen LogP contribution in [0.5, 0.6) is 0 Å². The number of carbonyl (C=O) groups excluding carboxylic acids is 3. The van der Waals surface area contributed by atoms with E-state index in [4.69, 9.17) is 17.2 Å². The van der Waals surface area contributed by atoms with Crippen LogP contribution in [0.15, 0.2) is 0 Å². The van der Waals surface area contributed by atoms with E-state index in [2.05, 4.69) is 16.0 Å². The van der Waals surface area contributed by atoms with Crippen molar-refractivity contribution < 1.29 is 14.4 Å². The Hall–Kier alpha value is -1.71. The normalized spacial score (nSPS) is 31.5. The van der Waals surface area contributed by atoms with Gasteiger partial charge in [0, 0.05) is 19.6 Å². The second-order valence-electron chi connectivity index (χ2n) is 4.05. The second-order valence-corrected chi connectivity index (χ2v) is 4.05. The van der Waals surface area contributed by atoms with E-state index in [1.54, 1.807) is 0 Å². The van der Waals surface area contributed by atoms with Crippen molar-refractivity contribution in [2.24, 2.45) is 17.2 Å². The molecule has 3 unspecified atom stereocenters. The van der Waals surface area contributed by atoms with Crippen molar-refractivity contribution in [3.8, 4) is 0 Å². The SMILES string of the molecule is NC1CNC(=O)C(N)CNC(=O)C(N)CNC1=O. The molecular formula is C9H18N6O3. The van der Waals surface area contributed by atoms with Crippen LogP contribution in [0.2, 0.25) is 0 Å². The van der Waals surface area contributed by atoms with Gasteiger partial charge in [-0.2, -0.15) is 0 Å². The van der Waals surface area contributed by atoms with Crippen LogP contribution < -0.4 is 33.2 Å². The van der Waals surface area contributed by atoms with Gasteiger partial charge in [-0.3, -0.25) is 14.4 Å². The quantitative estimate of drug-likeness (QED) is 0.255. The number of amides is 3. The Kier molecular flexibility index (Phi) is 5.01. The van der Waals surface area contributed by atoms with Gasteiger partial charge in [-0.1, -0.05) is 0 Å². The van der Waals surface area contributed by atoms with E-state index in [9.17, 15) is 14.4 Å². The highest BCUT2D eigenvalue weighted by Crippen LogP contribution is 1.86. The first-order valence-corrected chi connectivity index (χ1v) is 5.51. The number of nitrogens with two attached hydrogens (primary N) is 3. The van der Waals surface area contributed by atoms with Crippen molar-refractivity contribution in [2.45, 2.75) is 18.1 Å². The van der Waals surface area contributed by atoms with E-state index in [0.717, 1.165) is 0 Å². The highest BCUT2D eigenvalue weighted by molar-refractivity contribution is 5.88. The summed E-state index contributed by atoms with van der Waals surface area (Å²) in [6.07, 6.45) is 0. The molecule has 9 N–H and O–H groups in total. The molecule has 1 rings (SSSR count). The summed E-state index contributed by atoms with van der Waals surface area (Å²) in [6, 6.07) is -2.72. The largest absolute Gasteiger partial charge is 0.353 e. The smallest absolute Gasteiger partial charge is 0.238 e. The summed E-state index contributed by atoms with van der Waals surface area (Å²) < 4.78 is 0. The summed E-state index contributed by atoms with van der Waals surface area (Å²) >= 11 is 0. The molecule has 0 spiro atoms. The van der Waals surface area contributed by atoms with Gasteiger partial charge in [0.2, 0.25) is 17.7 Å². The number of nitrogens with one attached hydrogen (secondary N) is 3. The predicted octanol–water partition coefficient (Wildman–Crippen LogP) is -4.67. The maximum Gasteiger partial charge on any atom is 0.238 e. The Morgan fingerprint density at radius 3 is 1.11 bits per heavy atom. The number of rotatable bonds is 0. The van der Waals surface area contributed by atoms with E-state index in [1.165, 1.54) is 0 Å². The standard InChI is InChI=1S/C9H18N6O3/c10-4-1-13-8(17)5(11)2-15-9(18)6(12)3-14-7(4)16/h4-6H,1-3,10-12H2,(H,13,17)(H,14,16)(H,15,18). The zero-order valence-electron chi connectivity index (χ0n) is 9.81. The van der Waals surface area contributed by atoms with Crippen molar-refractivity contribution in [1.82, 2.24) is 16.0 Å². The molecule has 0 aromatic heterocycles. The molecule has 0 aromatic rings. The zero-order chi connectivity index (χ0) is 13.7. The van der Waals surface area contributed by atoms with Crippen molar-refractivity contribution in [1.29, 1.82) is 0 Å². The highest BCUT2D eigenvalue weighted by Gasteiger charge is 2.22. The minimum absolute atomic E-state index is 0.0262. The Morgan fingerprint density at radius 2 is 0.889 bits per heavy atom. The molecule has 1 saturated heterocycles. The number of carbonyl (C=O) groups is 3. The lowest BCUT2D eigenvalue weighted by Gasteiger charge is -2.20. The molecule has 18 heavy (non-hydrogen) atoms. The van der Waals surface area contributed by atoms with Gasteiger partial charge in [0.1, 0.15) is 18.1 Å². The van der Waals surface area contributed by atoms with Gasteiger partial charge < -0.3 is 33.2 Å². The topological polar surface area (TPSA) is 165 Å². The lowest BCUT2D eigenvalue weighted by molar-refractivity contribution is -0.125. The molecule has 0 aromatic carbocycles. The minimum Gasteiger partial charge on any atom is -0.353 e. The van der Waals surface area contributed by atoms with Crippen LogP contribution in [0.25, 0.3) is 0 Å². The van der Waals surface area contributed by atoms with E-state index in [-0.39, 0.29) is 19.6 Å². The first-order chi connectivity index (χ1) is 8.41. The monoisotopic (exact) mass is 258 g/mol. The van der Waals surface area contributed by atoms with E-state index in [0.29, 0.717) is 0 Å². The van der Waals surface area contributed by atoms with Crippen LogP contribution in [-0.2, 0) is 14.4 Å². The van der Waals surface area contributed by atoms with Crippen LogP contribution in [-0.4, -0.2) is 55.5 Å². The average Bonchev–Trinajstić information content (AvgIpc) is 2.36. The average molecular weight is 258 g/mol. The summed E-state index contributed by atoms with van der Waals surface area (Å²) in [5, 5.41) is 7.27. The highest BCUT2D eigenvalue weighted by atomic mass is 16.2. The summed E-state index contributed by atoms with van der Waals surface area (Å²) in [5.41, 5.74) is 16.6. The minimum atomic E-state index is -0.907. The summed E-state index contributed by atoms with van der Waals surface area (Å²) in [7, 11) is 0. The predicted molar refractivity (Wildman–Crippen MR) is 63.0 cm³/mol. The zero-order valence-corrected chi connectivity index (χ0v) is 9.81. The molecule has 0 radical (unpaired) electrons. The molecule has 3 atom stereocenters. The lowest BCUT2D eigenvalue weighted by atomic mass is 10.2. The number of hydrogen-bond acceptors (Lipinski definition) is 6. The van der Waals surface area contributed by atoms with E-state index >= 15 is 0 Å². The Labute approximate surface area is 104 Å². The molecule has 9 nitrogen and oxygen atoms in total. The Bertz CT molecular complexity index is 295. The summed E-state index contributed by atoms with van der Waals surface area (Å²) in [6.45, 7) is -0.0787. The van der Waals surface area contributed by atoms with Crippen molar-refractivity contribution in [3.05, 3.63) is 0 Å². The van der Waals surface area contributed by atoms with Gasteiger partial charge in [-0.05, 0) is 0 Å². The molecule has 1 heterocycles. The van der Waals surface area contributed by atoms with E-state index < -0.39 is 35.8 Å². The van der Waals surface area contributed by atoms with Gasteiger partial charge in [0.25, 0.3) is 0 Å². The van der Waals surface area contributed by atoms with Crippen LogP contribution in [0, 0.1) is 0 Å². The Morgan fingerprint density at radius 1 is 0.667 bits per heavy atom. The molecular weight excluding hydrogens is 240 g/mol. The van der Waals surface area contributed by atoms with Crippen LogP contribution >= 0.6 is 0 Å². The van der Waals surface area contributed by atoms with Crippen molar-refractivity contribution in [3.63, 3.8) is 0 Å². The fourth-order valence-corrected chi connectivity index (χ4v) is 1.30. The van der Waals surface area contributed by atoms with Crippen LogP contribution in [0.1, 0.15) is 0 Å². The molecule has 0 bridgehead atoms. The van der Waals surface area contributed by atoms with Gasteiger partial charge >= 0.3 is 0 Å². The Balaban J connectivity index is 2.70. The first kappa shape index (κ1) is 14.4. The fraction of sp³-hybridized carbons (Fsp3) is 0.667. The maximum absolute atomic E-state index is 11.5. The lowest BCUT2D eigenvalue weighted by Crippen LogP contribution is -2.58. The van der Waals surface area contributed by atoms with Crippen molar-refractivity contribution >= 4 is 17.7 Å². The second kappa shape index (κ2) is 6.28. The van der Waals surface area contributed by atoms with Crippen molar-refractivity contribution in [2.75, 3.05) is 19.6 Å². The number of hydrogen-bond donors (Lipinski definition) is 6. The van der Waals surface area contributed by atoms with Gasteiger partial charge in [0.05, 0.1) is 0 Å². The first-order valence-electron chi connectivity index (χ1n) is 5.51. The fourth-order valence-electron chi connectivity index (χ4n) is 1.30. The molecule has 9 heteroatoms. The molecule has 0 saturated carbocycles. The molecule has 1 aliphatic rings. The van der Waals surface area contributed by atoms with Crippen LogP contribution in [0.4, 0.5) is 0 Å². The maximum atomic E-state index is 11.5. The van der Waals surface area contributed by atoms with E-state index in [1.807, 2.05) is 0 Å². The molecule has 1 aliphatic heterocycles. The molecule has 1 fully saturated rings. The third kappa shape index (κ3) is 3.95. The van der Waals surface area contributed by atoms with Gasteiger partial charge in [-0.15, -0.1) is 0 Å². The molecule has 102 valence electrons.